The second kappa shape index (κ2) is 7.08. The standard InChI is InChI=1S/C20H25NO2S/c1-16-11-12-20(14-17(16)2)24(22,23)21-13-7-6-10-19(15-21)18-8-4-3-5-9-18/h3-5,8-9,11-12,14,19H,6-7,10,13,15H2,1-2H3. The molecule has 3 rings (SSSR count). The lowest BCUT2D eigenvalue weighted by molar-refractivity contribution is 0.406. The maximum Gasteiger partial charge on any atom is 0.243 e. The van der Waals surface area contributed by atoms with Gasteiger partial charge >= 0.3 is 0 Å². The average Bonchev–Trinajstić information content (AvgIpc) is 2.85. The van der Waals surface area contributed by atoms with Crippen LogP contribution >= 0.6 is 0 Å². The molecule has 0 amide bonds. The predicted octanol–water partition coefficient (Wildman–Crippen LogP) is 4.26. The van der Waals surface area contributed by atoms with E-state index in [9.17, 15) is 8.42 Å². The molecule has 0 radical (unpaired) electrons. The quantitative estimate of drug-likeness (QED) is 0.835. The van der Waals surface area contributed by atoms with E-state index < -0.39 is 10.0 Å². The van der Waals surface area contributed by atoms with Crippen molar-refractivity contribution >= 4 is 10.0 Å². The molecule has 1 aliphatic heterocycles. The summed E-state index contributed by atoms with van der Waals surface area (Å²) in [6, 6.07) is 15.7. The molecule has 1 atom stereocenters. The van der Waals surface area contributed by atoms with Crippen molar-refractivity contribution in [1.82, 2.24) is 4.31 Å². The highest BCUT2D eigenvalue weighted by atomic mass is 32.2. The molecule has 1 heterocycles. The number of hydrogen-bond donors (Lipinski definition) is 0. The van der Waals surface area contributed by atoms with Crippen LogP contribution in [0.2, 0.25) is 0 Å². The Balaban J connectivity index is 1.90. The van der Waals surface area contributed by atoms with Crippen molar-refractivity contribution in [3.8, 4) is 0 Å². The Morgan fingerprint density at radius 2 is 1.71 bits per heavy atom. The fourth-order valence-electron chi connectivity index (χ4n) is 3.35. The molecule has 128 valence electrons. The molecule has 1 saturated heterocycles. The van der Waals surface area contributed by atoms with Crippen molar-refractivity contribution in [3.05, 3.63) is 65.2 Å². The smallest absolute Gasteiger partial charge is 0.207 e. The maximum atomic E-state index is 13.1. The minimum Gasteiger partial charge on any atom is -0.207 e. The Bertz CT molecular complexity index is 800. The van der Waals surface area contributed by atoms with Gasteiger partial charge in [-0.25, -0.2) is 8.42 Å². The third-order valence-corrected chi connectivity index (χ3v) is 6.88. The molecule has 0 aromatic heterocycles. The van der Waals surface area contributed by atoms with E-state index in [0.717, 1.165) is 30.4 Å². The van der Waals surface area contributed by atoms with Gasteiger partial charge in [0.05, 0.1) is 4.90 Å². The van der Waals surface area contributed by atoms with Crippen molar-refractivity contribution in [2.45, 2.75) is 43.9 Å². The first kappa shape index (κ1) is 17.2. The second-order valence-corrected chi connectivity index (χ2v) is 8.65. The number of aryl methyl sites for hydroxylation is 2. The molecule has 1 unspecified atom stereocenters. The van der Waals surface area contributed by atoms with Crippen LogP contribution < -0.4 is 0 Å². The van der Waals surface area contributed by atoms with Crippen molar-refractivity contribution < 1.29 is 8.42 Å². The summed E-state index contributed by atoms with van der Waals surface area (Å²) in [5.41, 5.74) is 3.37. The maximum absolute atomic E-state index is 13.1. The molecule has 0 spiro atoms. The summed E-state index contributed by atoms with van der Waals surface area (Å²) in [5.74, 6) is 0.273. The van der Waals surface area contributed by atoms with Crippen molar-refractivity contribution in [1.29, 1.82) is 0 Å². The first-order valence-corrected chi connectivity index (χ1v) is 10.0. The first-order chi connectivity index (χ1) is 11.5. The largest absolute Gasteiger partial charge is 0.243 e. The van der Waals surface area contributed by atoms with E-state index in [1.807, 2.05) is 38.1 Å². The molecule has 24 heavy (non-hydrogen) atoms. The van der Waals surface area contributed by atoms with Crippen LogP contribution in [0.4, 0.5) is 0 Å². The van der Waals surface area contributed by atoms with E-state index in [4.69, 9.17) is 0 Å². The lowest BCUT2D eigenvalue weighted by atomic mass is 9.95. The molecule has 4 heteroatoms. The van der Waals surface area contributed by atoms with E-state index in [-0.39, 0.29) is 5.92 Å². The number of benzene rings is 2. The number of nitrogens with zero attached hydrogens (tertiary/aromatic N) is 1. The lowest BCUT2D eigenvalue weighted by Crippen LogP contribution is -2.34. The minimum atomic E-state index is -3.43. The molecular weight excluding hydrogens is 318 g/mol. The van der Waals surface area contributed by atoms with Crippen molar-refractivity contribution in [3.63, 3.8) is 0 Å². The Hall–Kier alpha value is -1.65. The summed E-state index contributed by atoms with van der Waals surface area (Å²) in [4.78, 5) is 0.416. The number of hydrogen-bond acceptors (Lipinski definition) is 2. The van der Waals surface area contributed by atoms with E-state index in [1.54, 1.807) is 16.4 Å². The number of sulfonamides is 1. The van der Waals surface area contributed by atoms with Crippen LogP contribution in [0.25, 0.3) is 0 Å². The van der Waals surface area contributed by atoms with Crippen LogP contribution in [0.1, 0.15) is 41.9 Å². The topological polar surface area (TPSA) is 37.4 Å². The molecule has 1 aliphatic rings. The van der Waals surface area contributed by atoms with Gasteiger partial charge in [-0.1, -0.05) is 42.8 Å². The normalized spacial score (nSPS) is 19.8. The molecule has 0 bridgehead atoms. The van der Waals surface area contributed by atoms with Gasteiger partial charge in [0.15, 0.2) is 0 Å². The van der Waals surface area contributed by atoms with E-state index in [1.165, 1.54) is 5.56 Å². The zero-order chi connectivity index (χ0) is 17.2. The fourth-order valence-corrected chi connectivity index (χ4v) is 4.96. The SMILES string of the molecule is Cc1ccc(S(=O)(=O)N2CCCCC(c3ccccc3)C2)cc1C. The van der Waals surface area contributed by atoms with Crippen LogP contribution in [0.5, 0.6) is 0 Å². The summed E-state index contributed by atoms with van der Waals surface area (Å²) in [5, 5.41) is 0. The molecule has 0 saturated carbocycles. The van der Waals surface area contributed by atoms with Gasteiger partial charge in [0.1, 0.15) is 0 Å². The third kappa shape index (κ3) is 3.55. The molecule has 3 nitrogen and oxygen atoms in total. The Kier molecular flexibility index (Phi) is 5.07. The van der Waals surface area contributed by atoms with Crippen LogP contribution in [0, 0.1) is 13.8 Å². The van der Waals surface area contributed by atoms with Gasteiger partial charge in [0.25, 0.3) is 0 Å². The van der Waals surface area contributed by atoms with Gasteiger partial charge in [-0.05, 0) is 61.4 Å². The summed E-state index contributed by atoms with van der Waals surface area (Å²) < 4.78 is 27.9. The van der Waals surface area contributed by atoms with Gasteiger partial charge in [-0.2, -0.15) is 4.31 Å². The Morgan fingerprint density at radius 1 is 0.958 bits per heavy atom. The average molecular weight is 343 g/mol. The Labute approximate surface area is 145 Å². The van der Waals surface area contributed by atoms with Crippen LogP contribution in [-0.4, -0.2) is 25.8 Å². The fraction of sp³-hybridized carbons (Fsp3) is 0.400. The van der Waals surface area contributed by atoms with Gasteiger partial charge in [0.2, 0.25) is 10.0 Å². The summed E-state index contributed by atoms with van der Waals surface area (Å²) in [6.07, 6.45) is 3.04. The molecule has 1 fully saturated rings. The summed E-state index contributed by atoms with van der Waals surface area (Å²) in [7, 11) is -3.43. The molecule has 0 N–H and O–H groups in total. The highest BCUT2D eigenvalue weighted by Crippen LogP contribution is 2.30. The van der Waals surface area contributed by atoms with E-state index in [2.05, 4.69) is 12.1 Å². The third-order valence-electron chi connectivity index (χ3n) is 5.02. The van der Waals surface area contributed by atoms with Crippen LogP contribution in [0.3, 0.4) is 0 Å². The minimum absolute atomic E-state index is 0.273. The molecule has 2 aromatic carbocycles. The summed E-state index contributed by atoms with van der Waals surface area (Å²) in [6.45, 7) is 5.14. The molecular formula is C20H25NO2S. The zero-order valence-corrected chi connectivity index (χ0v) is 15.2. The van der Waals surface area contributed by atoms with Gasteiger partial charge in [0, 0.05) is 13.1 Å². The van der Waals surface area contributed by atoms with Gasteiger partial charge < -0.3 is 0 Å². The van der Waals surface area contributed by atoms with Gasteiger partial charge in [-0.15, -0.1) is 0 Å². The van der Waals surface area contributed by atoms with Crippen molar-refractivity contribution in [2.24, 2.45) is 0 Å². The second-order valence-electron chi connectivity index (χ2n) is 6.71. The highest BCUT2D eigenvalue weighted by Gasteiger charge is 2.29. The lowest BCUT2D eigenvalue weighted by Gasteiger charge is -2.24. The van der Waals surface area contributed by atoms with E-state index >= 15 is 0 Å². The predicted molar refractivity (Wildman–Crippen MR) is 97.7 cm³/mol. The molecule has 2 aromatic rings. The molecule has 0 aliphatic carbocycles. The monoisotopic (exact) mass is 343 g/mol. The number of rotatable bonds is 3. The van der Waals surface area contributed by atoms with Crippen LogP contribution in [0.15, 0.2) is 53.4 Å². The highest BCUT2D eigenvalue weighted by molar-refractivity contribution is 7.89. The van der Waals surface area contributed by atoms with Crippen LogP contribution in [-0.2, 0) is 10.0 Å². The van der Waals surface area contributed by atoms with Gasteiger partial charge in [-0.3, -0.25) is 0 Å². The Morgan fingerprint density at radius 3 is 2.42 bits per heavy atom. The first-order valence-electron chi connectivity index (χ1n) is 8.61. The zero-order valence-electron chi connectivity index (χ0n) is 14.4. The van der Waals surface area contributed by atoms with Crippen molar-refractivity contribution in [2.75, 3.05) is 13.1 Å². The van der Waals surface area contributed by atoms with E-state index in [0.29, 0.717) is 18.0 Å². The summed E-state index contributed by atoms with van der Waals surface area (Å²) >= 11 is 0.